The predicted octanol–water partition coefficient (Wildman–Crippen LogP) is 2.46. The summed E-state index contributed by atoms with van der Waals surface area (Å²) >= 11 is 5.52. The summed E-state index contributed by atoms with van der Waals surface area (Å²) in [5, 5.41) is 0. The number of halogens is 1. The van der Waals surface area contributed by atoms with Crippen LogP contribution >= 0.6 is 11.6 Å². The Balaban J connectivity index is 2.40. The molecule has 1 fully saturated rings. The van der Waals surface area contributed by atoms with Crippen LogP contribution in [0.25, 0.3) is 0 Å². The maximum Gasteiger partial charge on any atom is 0.213 e. The third kappa shape index (κ3) is 4.60. The molecule has 0 bridgehead atoms. The van der Waals surface area contributed by atoms with Gasteiger partial charge in [-0.3, -0.25) is 0 Å². The average Bonchev–Trinajstić information content (AvgIpc) is 2.28. The summed E-state index contributed by atoms with van der Waals surface area (Å²) < 4.78 is 25.2. The van der Waals surface area contributed by atoms with Crippen molar-refractivity contribution in [3.63, 3.8) is 0 Å². The van der Waals surface area contributed by atoms with Crippen LogP contribution in [0.1, 0.15) is 38.5 Å². The highest BCUT2D eigenvalue weighted by Gasteiger charge is 2.22. The molecule has 1 rings (SSSR count). The Bertz CT molecular complexity index is 286. The summed E-state index contributed by atoms with van der Waals surface area (Å²) in [6, 6.07) is 0. The number of hydrogen-bond donors (Lipinski definition) is 0. The van der Waals surface area contributed by atoms with Crippen LogP contribution in [0.3, 0.4) is 0 Å². The molecule has 16 heavy (non-hydrogen) atoms. The SMILES string of the molecule is CN(CC1CCCCC1)S(=O)(=O)CCCCl. The van der Waals surface area contributed by atoms with E-state index in [-0.39, 0.29) is 5.75 Å². The summed E-state index contributed by atoms with van der Waals surface area (Å²) in [6.45, 7) is 0.685. The topological polar surface area (TPSA) is 37.4 Å². The molecule has 0 spiro atoms. The van der Waals surface area contributed by atoms with Crippen molar-refractivity contribution in [3.05, 3.63) is 0 Å². The Morgan fingerprint density at radius 2 is 1.88 bits per heavy atom. The molecule has 0 atom stereocenters. The molecular formula is C11H22ClNO2S. The van der Waals surface area contributed by atoms with Crippen molar-refractivity contribution in [1.82, 2.24) is 4.31 Å². The summed E-state index contributed by atoms with van der Waals surface area (Å²) in [7, 11) is -1.38. The van der Waals surface area contributed by atoms with Crippen LogP contribution in [-0.2, 0) is 10.0 Å². The quantitative estimate of drug-likeness (QED) is 0.694. The van der Waals surface area contributed by atoms with E-state index in [1.54, 1.807) is 7.05 Å². The molecule has 0 amide bonds. The lowest BCUT2D eigenvalue weighted by atomic mass is 9.89. The highest BCUT2D eigenvalue weighted by atomic mass is 35.5. The van der Waals surface area contributed by atoms with Gasteiger partial charge in [0.15, 0.2) is 0 Å². The van der Waals surface area contributed by atoms with Gasteiger partial charge in [-0.05, 0) is 25.2 Å². The van der Waals surface area contributed by atoms with Crippen LogP contribution in [0.15, 0.2) is 0 Å². The minimum atomic E-state index is -3.07. The normalized spacial score (nSPS) is 19.2. The minimum absolute atomic E-state index is 0.180. The molecule has 0 unspecified atom stereocenters. The zero-order valence-electron chi connectivity index (χ0n) is 9.99. The first-order valence-electron chi connectivity index (χ1n) is 6.06. The molecule has 0 heterocycles. The molecule has 1 saturated carbocycles. The summed E-state index contributed by atoms with van der Waals surface area (Å²) in [5.41, 5.74) is 0. The van der Waals surface area contributed by atoms with Crippen LogP contribution in [0.5, 0.6) is 0 Å². The van der Waals surface area contributed by atoms with Gasteiger partial charge >= 0.3 is 0 Å². The van der Waals surface area contributed by atoms with E-state index in [1.165, 1.54) is 36.4 Å². The summed E-state index contributed by atoms with van der Waals surface area (Å²) in [6.07, 6.45) is 6.70. The Morgan fingerprint density at radius 1 is 1.25 bits per heavy atom. The number of sulfonamides is 1. The van der Waals surface area contributed by atoms with E-state index in [2.05, 4.69) is 0 Å². The maximum atomic E-state index is 11.8. The molecule has 1 aliphatic carbocycles. The number of nitrogens with zero attached hydrogens (tertiary/aromatic N) is 1. The van der Waals surface area contributed by atoms with Crippen molar-refractivity contribution in [2.75, 3.05) is 25.2 Å². The van der Waals surface area contributed by atoms with Crippen LogP contribution in [0.4, 0.5) is 0 Å². The van der Waals surface area contributed by atoms with Gasteiger partial charge in [-0.1, -0.05) is 19.3 Å². The molecule has 0 aromatic carbocycles. The summed E-state index contributed by atoms with van der Waals surface area (Å²) in [4.78, 5) is 0. The second kappa shape index (κ2) is 6.82. The van der Waals surface area contributed by atoms with Gasteiger partial charge in [-0.25, -0.2) is 12.7 Å². The molecule has 0 aromatic rings. The molecule has 0 aromatic heterocycles. The fraction of sp³-hybridized carbons (Fsp3) is 1.00. The molecule has 0 saturated heterocycles. The first kappa shape index (κ1) is 14.3. The van der Waals surface area contributed by atoms with E-state index in [1.807, 2.05) is 0 Å². The maximum absolute atomic E-state index is 11.8. The first-order chi connectivity index (χ1) is 7.56. The van der Waals surface area contributed by atoms with Gasteiger partial charge < -0.3 is 0 Å². The van der Waals surface area contributed by atoms with Gasteiger partial charge in [0.05, 0.1) is 5.75 Å². The van der Waals surface area contributed by atoms with Crippen LogP contribution in [0.2, 0.25) is 0 Å². The molecule has 96 valence electrons. The minimum Gasteiger partial charge on any atom is -0.212 e. The van der Waals surface area contributed by atoms with Crippen molar-refractivity contribution in [1.29, 1.82) is 0 Å². The van der Waals surface area contributed by atoms with Gasteiger partial charge in [0.2, 0.25) is 10.0 Å². The number of hydrogen-bond acceptors (Lipinski definition) is 2. The number of alkyl halides is 1. The van der Waals surface area contributed by atoms with Gasteiger partial charge in [0, 0.05) is 19.5 Å². The van der Waals surface area contributed by atoms with Crippen molar-refractivity contribution >= 4 is 21.6 Å². The zero-order chi connectivity index (χ0) is 12.0. The molecule has 1 aliphatic rings. The Labute approximate surface area is 104 Å². The molecule has 0 N–H and O–H groups in total. The van der Waals surface area contributed by atoms with Crippen molar-refractivity contribution in [2.45, 2.75) is 38.5 Å². The van der Waals surface area contributed by atoms with E-state index in [0.29, 0.717) is 24.8 Å². The van der Waals surface area contributed by atoms with E-state index in [4.69, 9.17) is 11.6 Å². The third-order valence-electron chi connectivity index (χ3n) is 3.25. The average molecular weight is 268 g/mol. The van der Waals surface area contributed by atoms with Gasteiger partial charge in [0.1, 0.15) is 0 Å². The second-order valence-corrected chi connectivity index (χ2v) is 7.22. The monoisotopic (exact) mass is 267 g/mol. The smallest absolute Gasteiger partial charge is 0.212 e. The zero-order valence-corrected chi connectivity index (χ0v) is 11.6. The first-order valence-corrected chi connectivity index (χ1v) is 8.20. The van der Waals surface area contributed by atoms with E-state index >= 15 is 0 Å². The molecule has 0 radical (unpaired) electrons. The standard InChI is InChI=1S/C11H22ClNO2S/c1-13(16(14,15)9-5-8-12)10-11-6-3-2-4-7-11/h11H,2-10H2,1H3. The van der Waals surface area contributed by atoms with E-state index in [0.717, 1.165) is 0 Å². The Hall–Kier alpha value is 0.200. The van der Waals surface area contributed by atoms with Crippen molar-refractivity contribution in [2.24, 2.45) is 5.92 Å². The van der Waals surface area contributed by atoms with Gasteiger partial charge in [0.25, 0.3) is 0 Å². The predicted molar refractivity (Wildman–Crippen MR) is 68.3 cm³/mol. The fourth-order valence-corrected chi connectivity index (χ4v) is 3.79. The van der Waals surface area contributed by atoms with Gasteiger partial charge in [-0.15, -0.1) is 11.6 Å². The lowest BCUT2D eigenvalue weighted by Gasteiger charge is -2.26. The largest absolute Gasteiger partial charge is 0.213 e. The Morgan fingerprint density at radius 3 is 2.44 bits per heavy atom. The van der Waals surface area contributed by atoms with Crippen LogP contribution < -0.4 is 0 Å². The molecule has 3 nitrogen and oxygen atoms in total. The fourth-order valence-electron chi connectivity index (χ4n) is 2.24. The van der Waals surface area contributed by atoms with Crippen molar-refractivity contribution in [3.8, 4) is 0 Å². The number of rotatable bonds is 6. The highest BCUT2D eigenvalue weighted by Crippen LogP contribution is 2.24. The van der Waals surface area contributed by atoms with Crippen LogP contribution in [0, 0.1) is 5.92 Å². The van der Waals surface area contributed by atoms with Gasteiger partial charge in [-0.2, -0.15) is 0 Å². The van der Waals surface area contributed by atoms with E-state index in [9.17, 15) is 8.42 Å². The molecule has 0 aliphatic heterocycles. The summed E-state index contributed by atoms with van der Waals surface area (Å²) in [5.74, 6) is 1.15. The Kier molecular flexibility index (Phi) is 6.08. The second-order valence-electron chi connectivity index (χ2n) is 4.64. The molecule has 5 heteroatoms. The third-order valence-corrected chi connectivity index (χ3v) is 5.42. The lowest BCUT2D eigenvalue weighted by molar-refractivity contribution is 0.300. The molecular weight excluding hydrogens is 246 g/mol. The highest BCUT2D eigenvalue weighted by molar-refractivity contribution is 7.89. The van der Waals surface area contributed by atoms with E-state index < -0.39 is 10.0 Å². The lowest BCUT2D eigenvalue weighted by Crippen LogP contribution is -2.34. The van der Waals surface area contributed by atoms with Crippen molar-refractivity contribution < 1.29 is 8.42 Å². The van der Waals surface area contributed by atoms with Crippen LogP contribution in [-0.4, -0.2) is 37.9 Å².